The van der Waals surface area contributed by atoms with Crippen molar-refractivity contribution in [3.8, 4) is 0 Å². The fraction of sp³-hybridized carbons (Fsp3) is 0.526. The lowest BCUT2D eigenvalue weighted by atomic mass is 10.0. The van der Waals surface area contributed by atoms with E-state index in [2.05, 4.69) is 28.6 Å². The Morgan fingerprint density at radius 2 is 1.96 bits per heavy atom. The standard InChI is InChI=1S/C19H27ClN2O/c1-2-3-4-5-15-23-19(17-8-10-18(20)11-9-17)7-6-13-22-14-12-21-16-22/h8-12,14,16,19H,2-7,13,15H2,1H3. The summed E-state index contributed by atoms with van der Waals surface area (Å²) in [6, 6.07) is 8.05. The van der Waals surface area contributed by atoms with Crippen LogP contribution in [0.25, 0.3) is 0 Å². The van der Waals surface area contributed by atoms with Crippen molar-refractivity contribution in [3.63, 3.8) is 0 Å². The molecule has 0 saturated carbocycles. The first kappa shape index (κ1) is 18.0. The van der Waals surface area contributed by atoms with Crippen molar-refractivity contribution in [1.29, 1.82) is 0 Å². The van der Waals surface area contributed by atoms with Crippen molar-refractivity contribution < 1.29 is 4.74 Å². The lowest BCUT2D eigenvalue weighted by Gasteiger charge is -2.19. The minimum Gasteiger partial charge on any atom is -0.374 e. The van der Waals surface area contributed by atoms with Crippen molar-refractivity contribution in [1.82, 2.24) is 9.55 Å². The summed E-state index contributed by atoms with van der Waals surface area (Å²) in [4.78, 5) is 4.08. The molecule has 0 N–H and O–H groups in total. The van der Waals surface area contributed by atoms with E-state index in [4.69, 9.17) is 16.3 Å². The van der Waals surface area contributed by atoms with Crippen LogP contribution in [0.4, 0.5) is 0 Å². The third kappa shape index (κ3) is 6.76. The summed E-state index contributed by atoms with van der Waals surface area (Å²) >= 11 is 6.00. The van der Waals surface area contributed by atoms with Crippen LogP contribution < -0.4 is 0 Å². The third-order valence-corrected chi connectivity index (χ3v) is 4.25. The SMILES string of the molecule is CCCCCCOC(CCCn1ccnc1)c1ccc(Cl)cc1. The Bertz CT molecular complexity index is 525. The first-order valence-corrected chi connectivity index (χ1v) is 9.00. The molecule has 3 nitrogen and oxygen atoms in total. The Morgan fingerprint density at radius 3 is 2.65 bits per heavy atom. The maximum Gasteiger partial charge on any atom is 0.0945 e. The normalized spacial score (nSPS) is 12.4. The van der Waals surface area contributed by atoms with E-state index in [0.717, 1.165) is 37.4 Å². The molecule has 1 heterocycles. The molecule has 0 aliphatic rings. The van der Waals surface area contributed by atoms with Gasteiger partial charge in [0, 0.05) is 30.6 Å². The van der Waals surface area contributed by atoms with Gasteiger partial charge in [0.05, 0.1) is 12.4 Å². The second-order valence-electron chi connectivity index (χ2n) is 5.91. The molecule has 1 unspecified atom stereocenters. The Labute approximate surface area is 144 Å². The number of benzene rings is 1. The topological polar surface area (TPSA) is 27.1 Å². The van der Waals surface area contributed by atoms with E-state index in [-0.39, 0.29) is 6.10 Å². The smallest absolute Gasteiger partial charge is 0.0945 e. The summed E-state index contributed by atoms with van der Waals surface area (Å²) in [5.41, 5.74) is 1.22. The Kier molecular flexibility index (Phi) is 8.19. The first-order chi connectivity index (χ1) is 11.3. The highest BCUT2D eigenvalue weighted by molar-refractivity contribution is 6.30. The fourth-order valence-electron chi connectivity index (χ4n) is 2.66. The van der Waals surface area contributed by atoms with Crippen LogP contribution in [-0.2, 0) is 11.3 Å². The van der Waals surface area contributed by atoms with E-state index >= 15 is 0 Å². The second kappa shape index (κ2) is 10.5. The monoisotopic (exact) mass is 334 g/mol. The van der Waals surface area contributed by atoms with Crippen LogP contribution in [0.3, 0.4) is 0 Å². The van der Waals surface area contributed by atoms with Crippen LogP contribution in [0.1, 0.15) is 57.1 Å². The number of halogens is 1. The Hall–Kier alpha value is -1.32. The van der Waals surface area contributed by atoms with Gasteiger partial charge in [-0.1, -0.05) is 49.9 Å². The minimum atomic E-state index is 0.150. The molecule has 0 saturated heterocycles. The average molecular weight is 335 g/mol. The quantitative estimate of drug-likeness (QED) is 0.496. The van der Waals surface area contributed by atoms with Gasteiger partial charge in [-0.2, -0.15) is 0 Å². The van der Waals surface area contributed by atoms with Gasteiger partial charge in [-0.3, -0.25) is 0 Å². The van der Waals surface area contributed by atoms with Crippen LogP contribution in [0, 0.1) is 0 Å². The number of rotatable bonds is 11. The number of imidazole rings is 1. The summed E-state index contributed by atoms with van der Waals surface area (Å²) in [6.45, 7) is 4.04. The average Bonchev–Trinajstić information content (AvgIpc) is 3.07. The van der Waals surface area contributed by atoms with Gasteiger partial charge in [0.15, 0.2) is 0 Å². The predicted octanol–water partition coefficient (Wildman–Crippen LogP) is 5.65. The molecule has 2 aromatic rings. The van der Waals surface area contributed by atoms with Crippen molar-refractivity contribution in [2.24, 2.45) is 0 Å². The number of aryl methyl sites for hydroxylation is 1. The van der Waals surface area contributed by atoms with E-state index in [9.17, 15) is 0 Å². The number of aromatic nitrogens is 2. The van der Waals surface area contributed by atoms with E-state index in [1.54, 1.807) is 0 Å². The highest BCUT2D eigenvalue weighted by Gasteiger charge is 2.12. The molecule has 1 aromatic carbocycles. The zero-order valence-corrected chi connectivity index (χ0v) is 14.7. The molecule has 1 atom stereocenters. The molecule has 126 valence electrons. The lowest BCUT2D eigenvalue weighted by Crippen LogP contribution is -2.07. The molecule has 0 aliphatic carbocycles. The van der Waals surface area contributed by atoms with Gasteiger partial charge in [0.2, 0.25) is 0 Å². The van der Waals surface area contributed by atoms with E-state index in [1.165, 1.54) is 24.8 Å². The minimum absolute atomic E-state index is 0.150. The van der Waals surface area contributed by atoms with Gasteiger partial charge in [0.25, 0.3) is 0 Å². The van der Waals surface area contributed by atoms with E-state index in [1.807, 2.05) is 30.9 Å². The fourth-order valence-corrected chi connectivity index (χ4v) is 2.78. The highest BCUT2D eigenvalue weighted by atomic mass is 35.5. The van der Waals surface area contributed by atoms with Gasteiger partial charge in [-0.05, 0) is 37.0 Å². The zero-order valence-electron chi connectivity index (χ0n) is 14.0. The van der Waals surface area contributed by atoms with Gasteiger partial charge >= 0.3 is 0 Å². The molecule has 23 heavy (non-hydrogen) atoms. The van der Waals surface area contributed by atoms with Gasteiger partial charge in [-0.15, -0.1) is 0 Å². The molecule has 0 radical (unpaired) electrons. The molecule has 4 heteroatoms. The van der Waals surface area contributed by atoms with Crippen LogP contribution in [0.15, 0.2) is 43.0 Å². The molecule has 1 aromatic heterocycles. The van der Waals surface area contributed by atoms with Gasteiger partial charge < -0.3 is 9.30 Å². The Balaban J connectivity index is 1.83. The van der Waals surface area contributed by atoms with Crippen molar-refractivity contribution in [2.75, 3.05) is 6.61 Å². The summed E-state index contributed by atoms with van der Waals surface area (Å²) in [7, 11) is 0. The van der Waals surface area contributed by atoms with Crippen LogP contribution >= 0.6 is 11.6 Å². The third-order valence-electron chi connectivity index (χ3n) is 4.00. The summed E-state index contributed by atoms with van der Waals surface area (Å²) in [5, 5.41) is 0.772. The van der Waals surface area contributed by atoms with Gasteiger partial charge in [0.1, 0.15) is 0 Å². The number of hydrogen-bond acceptors (Lipinski definition) is 2. The molecule has 0 amide bonds. The molecule has 0 bridgehead atoms. The first-order valence-electron chi connectivity index (χ1n) is 8.62. The van der Waals surface area contributed by atoms with Crippen LogP contribution in [0.2, 0.25) is 5.02 Å². The molecule has 2 rings (SSSR count). The number of unbranched alkanes of at least 4 members (excludes halogenated alkanes) is 3. The largest absolute Gasteiger partial charge is 0.374 e. The maximum absolute atomic E-state index is 6.17. The summed E-state index contributed by atoms with van der Waals surface area (Å²) < 4.78 is 8.28. The Morgan fingerprint density at radius 1 is 1.13 bits per heavy atom. The summed E-state index contributed by atoms with van der Waals surface area (Å²) in [5.74, 6) is 0. The molecule has 0 spiro atoms. The molecule has 0 fully saturated rings. The van der Waals surface area contributed by atoms with Crippen molar-refractivity contribution >= 4 is 11.6 Å². The maximum atomic E-state index is 6.17. The van der Waals surface area contributed by atoms with E-state index in [0.29, 0.717) is 0 Å². The molecular formula is C19H27ClN2O. The van der Waals surface area contributed by atoms with E-state index < -0.39 is 0 Å². The number of nitrogens with zero attached hydrogens (tertiary/aromatic N) is 2. The second-order valence-corrected chi connectivity index (χ2v) is 6.35. The number of hydrogen-bond donors (Lipinski definition) is 0. The molecular weight excluding hydrogens is 308 g/mol. The molecule has 0 aliphatic heterocycles. The number of ether oxygens (including phenoxy) is 1. The van der Waals surface area contributed by atoms with Crippen LogP contribution in [-0.4, -0.2) is 16.2 Å². The zero-order chi connectivity index (χ0) is 16.3. The van der Waals surface area contributed by atoms with Crippen molar-refractivity contribution in [2.45, 2.75) is 58.1 Å². The highest BCUT2D eigenvalue weighted by Crippen LogP contribution is 2.25. The van der Waals surface area contributed by atoms with Crippen molar-refractivity contribution in [3.05, 3.63) is 53.6 Å². The summed E-state index contributed by atoms with van der Waals surface area (Å²) in [6.07, 6.45) is 12.8. The van der Waals surface area contributed by atoms with Crippen LogP contribution in [0.5, 0.6) is 0 Å². The van der Waals surface area contributed by atoms with Gasteiger partial charge in [-0.25, -0.2) is 4.98 Å². The predicted molar refractivity (Wildman–Crippen MR) is 95.7 cm³/mol. The lowest BCUT2D eigenvalue weighted by molar-refractivity contribution is 0.0419.